The molecule has 0 aromatic carbocycles. The monoisotopic (exact) mass is 212 g/mol. The fourth-order valence-electron chi connectivity index (χ4n) is 0.943. The summed E-state index contributed by atoms with van der Waals surface area (Å²) in [7, 11) is 0. The first-order chi connectivity index (χ1) is 7.06. The van der Waals surface area contributed by atoms with Crippen molar-refractivity contribution < 1.29 is 14.4 Å². The summed E-state index contributed by atoms with van der Waals surface area (Å²) < 4.78 is 4.87. The molecule has 0 saturated heterocycles. The lowest BCUT2D eigenvalue weighted by molar-refractivity contribution is 0.0920. The van der Waals surface area contributed by atoms with Crippen molar-refractivity contribution in [1.82, 2.24) is 10.3 Å². The second-order valence-electron chi connectivity index (χ2n) is 2.99. The van der Waals surface area contributed by atoms with E-state index in [-0.39, 0.29) is 11.6 Å². The molecule has 0 aliphatic carbocycles. The Labute approximate surface area is 86.0 Å². The van der Waals surface area contributed by atoms with Gasteiger partial charge in [-0.15, -0.1) is 0 Å². The van der Waals surface area contributed by atoms with Gasteiger partial charge in [-0.1, -0.05) is 5.16 Å². The van der Waals surface area contributed by atoms with E-state index in [1.165, 1.54) is 6.39 Å². The Morgan fingerprint density at radius 2 is 2.47 bits per heavy atom. The van der Waals surface area contributed by atoms with E-state index in [2.05, 4.69) is 15.5 Å². The van der Waals surface area contributed by atoms with Gasteiger partial charge in [0.1, 0.15) is 0 Å². The van der Waals surface area contributed by atoms with Crippen molar-refractivity contribution in [3.63, 3.8) is 0 Å². The summed E-state index contributed by atoms with van der Waals surface area (Å²) in [6, 6.07) is -0.577. The minimum absolute atomic E-state index is 0.0829. The van der Waals surface area contributed by atoms with Gasteiger partial charge in [0.05, 0.1) is 11.7 Å². The molecule has 0 spiro atoms. The molecule has 1 unspecified atom stereocenters. The summed E-state index contributed by atoms with van der Waals surface area (Å²) >= 11 is 0. The van der Waals surface area contributed by atoms with Crippen LogP contribution in [0.2, 0.25) is 0 Å². The predicted molar refractivity (Wildman–Crippen MR) is 51.6 cm³/mol. The molecule has 82 valence electrons. The van der Waals surface area contributed by atoms with Crippen molar-refractivity contribution in [2.24, 2.45) is 10.9 Å². The summed E-state index contributed by atoms with van der Waals surface area (Å²) in [5, 5.41) is 13.6. The molecule has 15 heavy (non-hydrogen) atoms. The van der Waals surface area contributed by atoms with Gasteiger partial charge in [-0.2, -0.15) is 0 Å². The highest BCUT2D eigenvalue weighted by molar-refractivity contribution is 5.96. The summed E-state index contributed by atoms with van der Waals surface area (Å²) in [5.74, 6) is -0.419. The molecule has 0 radical (unpaired) electrons. The van der Waals surface area contributed by atoms with E-state index >= 15 is 0 Å². The molecule has 1 aromatic rings. The number of nitrogens with zero attached hydrogens (tertiary/aromatic N) is 2. The van der Waals surface area contributed by atoms with E-state index < -0.39 is 11.9 Å². The third kappa shape index (κ3) is 2.46. The van der Waals surface area contributed by atoms with Crippen LogP contribution in [0.1, 0.15) is 23.2 Å². The van der Waals surface area contributed by atoms with Crippen LogP contribution < -0.4 is 11.1 Å². The molecule has 0 saturated carbocycles. The molecular formula is C8H12N4O3. The van der Waals surface area contributed by atoms with E-state index in [4.69, 9.17) is 15.4 Å². The summed E-state index contributed by atoms with van der Waals surface area (Å²) in [5.41, 5.74) is 5.78. The maximum atomic E-state index is 11.5. The number of oxazole rings is 1. The maximum Gasteiger partial charge on any atom is 0.289 e. The highest BCUT2D eigenvalue weighted by Crippen LogP contribution is 2.04. The number of nitrogens with one attached hydrogen (secondary N) is 1. The second-order valence-corrected chi connectivity index (χ2v) is 2.99. The molecule has 0 aliphatic heterocycles. The van der Waals surface area contributed by atoms with Crippen LogP contribution in [0, 0.1) is 6.92 Å². The minimum atomic E-state index is -0.577. The molecule has 0 aliphatic rings. The zero-order valence-corrected chi connectivity index (χ0v) is 8.39. The minimum Gasteiger partial charge on any atom is -0.438 e. The van der Waals surface area contributed by atoms with Crippen molar-refractivity contribution in [3.05, 3.63) is 17.8 Å². The summed E-state index contributed by atoms with van der Waals surface area (Å²) in [6.45, 7) is 3.23. The summed E-state index contributed by atoms with van der Waals surface area (Å²) in [6.07, 6.45) is 1.18. The van der Waals surface area contributed by atoms with E-state index in [0.717, 1.165) is 0 Å². The Morgan fingerprint density at radius 1 is 1.80 bits per heavy atom. The smallest absolute Gasteiger partial charge is 0.289 e. The third-order valence-electron chi connectivity index (χ3n) is 1.86. The first kappa shape index (κ1) is 11.0. The molecule has 1 atom stereocenters. The number of amidine groups is 1. The van der Waals surface area contributed by atoms with Crippen LogP contribution in [0.3, 0.4) is 0 Å². The van der Waals surface area contributed by atoms with Crippen LogP contribution in [-0.4, -0.2) is 28.0 Å². The maximum absolute atomic E-state index is 11.5. The molecule has 1 aromatic heterocycles. The Morgan fingerprint density at radius 3 is 2.93 bits per heavy atom. The molecular weight excluding hydrogens is 200 g/mol. The van der Waals surface area contributed by atoms with E-state index in [1.807, 2.05) is 0 Å². The van der Waals surface area contributed by atoms with E-state index in [9.17, 15) is 4.79 Å². The number of aromatic nitrogens is 1. The Bertz CT molecular complexity index is 385. The van der Waals surface area contributed by atoms with Gasteiger partial charge >= 0.3 is 0 Å². The van der Waals surface area contributed by atoms with Crippen LogP contribution >= 0.6 is 0 Å². The molecule has 7 nitrogen and oxygen atoms in total. The number of carbonyl (C=O) groups excluding carboxylic acids is 1. The van der Waals surface area contributed by atoms with Gasteiger partial charge in [0.2, 0.25) is 5.76 Å². The SMILES string of the molecule is Cc1ncoc1C(=O)NC(C)C(N)=NO. The molecule has 1 heterocycles. The highest BCUT2D eigenvalue weighted by atomic mass is 16.4. The zero-order valence-electron chi connectivity index (χ0n) is 8.39. The van der Waals surface area contributed by atoms with Crippen molar-refractivity contribution in [1.29, 1.82) is 0 Å². The van der Waals surface area contributed by atoms with Gasteiger partial charge in [0.15, 0.2) is 12.2 Å². The molecule has 7 heteroatoms. The second kappa shape index (κ2) is 4.45. The van der Waals surface area contributed by atoms with Crippen molar-refractivity contribution in [3.8, 4) is 0 Å². The molecule has 0 bridgehead atoms. The van der Waals surface area contributed by atoms with Crippen molar-refractivity contribution in [2.45, 2.75) is 19.9 Å². The lowest BCUT2D eigenvalue weighted by Crippen LogP contribution is -2.42. The van der Waals surface area contributed by atoms with Gasteiger partial charge in [-0.3, -0.25) is 4.79 Å². The quantitative estimate of drug-likeness (QED) is 0.279. The number of hydrogen-bond donors (Lipinski definition) is 3. The predicted octanol–water partition coefficient (Wildman–Crippen LogP) is -0.152. The Balaban J connectivity index is 2.69. The van der Waals surface area contributed by atoms with E-state index in [1.54, 1.807) is 13.8 Å². The van der Waals surface area contributed by atoms with Crippen molar-refractivity contribution >= 4 is 11.7 Å². The van der Waals surface area contributed by atoms with Gasteiger partial charge in [0.25, 0.3) is 5.91 Å². The average Bonchev–Trinajstić information content (AvgIpc) is 2.63. The van der Waals surface area contributed by atoms with Crippen LogP contribution in [0.25, 0.3) is 0 Å². The lowest BCUT2D eigenvalue weighted by atomic mass is 10.3. The Hall–Kier alpha value is -2.05. The normalized spacial score (nSPS) is 13.6. The number of hydrogen-bond acceptors (Lipinski definition) is 5. The van der Waals surface area contributed by atoms with Gasteiger partial charge in [-0.25, -0.2) is 4.98 Å². The number of oxime groups is 1. The van der Waals surface area contributed by atoms with Crippen LogP contribution in [-0.2, 0) is 0 Å². The van der Waals surface area contributed by atoms with Crippen LogP contribution in [0.4, 0.5) is 0 Å². The first-order valence-electron chi connectivity index (χ1n) is 4.24. The van der Waals surface area contributed by atoms with Gasteiger partial charge in [-0.05, 0) is 13.8 Å². The van der Waals surface area contributed by atoms with E-state index in [0.29, 0.717) is 5.69 Å². The first-order valence-corrected chi connectivity index (χ1v) is 4.24. The molecule has 1 amide bonds. The fraction of sp³-hybridized carbons (Fsp3) is 0.375. The van der Waals surface area contributed by atoms with Crippen LogP contribution in [0.5, 0.6) is 0 Å². The number of amides is 1. The number of rotatable bonds is 3. The van der Waals surface area contributed by atoms with Crippen LogP contribution in [0.15, 0.2) is 16.0 Å². The van der Waals surface area contributed by atoms with Crippen molar-refractivity contribution in [2.75, 3.05) is 0 Å². The number of nitrogens with two attached hydrogens (primary N) is 1. The topological polar surface area (TPSA) is 114 Å². The third-order valence-corrected chi connectivity index (χ3v) is 1.86. The standard InChI is InChI=1S/C8H12N4O3/c1-4-6(15-3-10-4)8(13)11-5(2)7(9)12-14/h3,5,14H,1-2H3,(H2,9,12)(H,11,13). The highest BCUT2D eigenvalue weighted by Gasteiger charge is 2.17. The molecule has 4 N–H and O–H groups in total. The average molecular weight is 212 g/mol. The number of aryl methyl sites for hydroxylation is 1. The summed E-state index contributed by atoms with van der Waals surface area (Å²) in [4.78, 5) is 15.3. The Kier molecular flexibility index (Phi) is 3.27. The molecule has 0 fully saturated rings. The largest absolute Gasteiger partial charge is 0.438 e. The lowest BCUT2D eigenvalue weighted by Gasteiger charge is -2.10. The van der Waals surface area contributed by atoms with Gasteiger partial charge in [0, 0.05) is 0 Å². The fourth-order valence-corrected chi connectivity index (χ4v) is 0.943. The van der Waals surface area contributed by atoms with Gasteiger partial charge < -0.3 is 20.7 Å². The number of carbonyl (C=O) groups is 1. The molecule has 1 rings (SSSR count). The zero-order chi connectivity index (χ0) is 11.4.